The van der Waals surface area contributed by atoms with Crippen LogP contribution in [0.4, 0.5) is 5.69 Å². The molecular formula is C16H12N2O3. The fourth-order valence-electron chi connectivity index (χ4n) is 2.45. The van der Waals surface area contributed by atoms with Gasteiger partial charge in [0.2, 0.25) is 0 Å². The van der Waals surface area contributed by atoms with E-state index in [1.54, 1.807) is 19.1 Å². The van der Waals surface area contributed by atoms with E-state index in [0.717, 1.165) is 10.8 Å². The van der Waals surface area contributed by atoms with Gasteiger partial charge in [-0.15, -0.1) is 0 Å². The topological polar surface area (TPSA) is 70.1 Å². The van der Waals surface area contributed by atoms with Crippen molar-refractivity contribution in [1.82, 2.24) is 0 Å². The second-order valence-corrected chi connectivity index (χ2v) is 4.79. The van der Waals surface area contributed by atoms with Gasteiger partial charge in [0.25, 0.3) is 0 Å². The molecule has 3 rings (SSSR count). The number of nitro groups is 1. The highest BCUT2D eigenvalue weighted by atomic mass is 16.6. The third-order valence-corrected chi connectivity index (χ3v) is 3.49. The first-order chi connectivity index (χ1) is 10.1. The molecule has 3 aromatic rings. The summed E-state index contributed by atoms with van der Waals surface area (Å²) in [6.45, 7) is 1.63. The van der Waals surface area contributed by atoms with E-state index in [2.05, 4.69) is 0 Å². The second kappa shape index (κ2) is 4.86. The van der Waals surface area contributed by atoms with E-state index in [-0.39, 0.29) is 11.4 Å². The SMILES string of the molecule is Cc1ccc([N+](=O)[O-])c(-c2cccc3ccccc23)[n+]1[O-]. The number of aromatic nitrogens is 1. The Labute approximate surface area is 120 Å². The number of hydrogen-bond donors (Lipinski definition) is 0. The first kappa shape index (κ1) is 13.1. The van der Waals surface area contributed by atoms with Gasteiger partial charge in [0, 0.05) is 19.1 Å². The maximum absolute atomic E-state index is 12.4. The molecule has 5 heteroatoms. The van der Waals surface area contributed by atoms with Crippen LogP contribution in [0, 0.1) is 22.2 Å². The van der Waals surface area contributed by atoms with E-state index >= 15 is 0 Å². The molecular weight excluding hydrogens is 268 g/mol. The third-order valence-electron chi connectivity index (χ3n) is 3.49. The molecule has 0 aliphatic heterocycles. The summed E-state index contributed by atoms with van der Waals surface area (Å²) in [6.07, 6.45) is 0. The quantitative estimate of drug-likeness (QED) is 0.313. The van der Waals surface area contributed by atoms with Crippen LogP contribution < -0.4 is 4.73 Å². The predicted octanol–water partition coefficient (Wildman–Crippen LogP) is 3.36. The van der Waals surface area contributed by atoms with Crippen LogP contribution in [-0.4, -0.2) is 4.92 Å². The minimum atomic E-state index is -0.523. The number of benzene rings is 2. The van der Waals surface area contributed by atoms with Crippen molar-refractivity contribution in [3.05, 3.63) is 75.6 Å². The summed E-state index contributed by atoms with van der Waals surface area (Å²) in [5, 5.41) is 25.4. The fraction of sp³-hybridized carbons (Fsp3) is 0.0625. The zero-order valence-corrected chi connectivity index (χ0v) is 11.3. The summed E-state index contributed by atoms with van der Waals surface area (Å²) < 4.78 is 0.625. The average Bonchev–Trinajstić information content (AvgIpc) is 2.49. The lowest BCUT2D eigenvalue weighted by atomic mass is 10.0. The number of rotatable bonds is 2. The smallest absolute Gasteiger partial charge is 0.342 e. The molecule has 21 heavy (non-hydrogen) atoms. The molecule has 0 bridgehead atoms. The van der Waals surface area contributed by atoms with Crippen molar-refractivity contribution in [2.75, 3.05) is 0 Å². The molecule has 1 heterocycles. The molecule has 0 atom stereocenters. The summed E-state index contributed by atoms with van der Waals surface area (Å²) in [6, 6.07) is 15.8. The van der Waals surface area contributed by atoms with Gasteiger partial charge in [0.1, 0.15) is 0 Å². The Morgan fingerprint density at radius 3 is 2.48 bits per heavy atom. The van der Waals surface area contributed by atoms with E-state index < -0.39 is 4.92 Å². The highest BCUT2D eigenvalue weighted by Crippen LogP contribution is 2.32. The van der Waals surface area contributed by atoms with Gasteiger partial charge in [-0.25, -0.2) is 0 Å². The van der Waals surface area contributed by atoms with Crippen LogP contribution in [-0.2, 0) is 0 Å². The van der Waals surface area contributed by atoms with Crippen LogP contribution in [0.25, 0.3) is 22.0 Å². The Morgan fingerprint density at radius 2 is 1.71 bits per heavy atom. The zero-order chi connectivity index (χ0) is 15.0. The van der Waals surface area contributed by atoms with E-state index in [0.29, 0.717) is 16.0 Å². The Balaban J connectivity index is 2.43. The maximum atomic E-state index is 12.4. The number of fused-ring (bicyclic) bond motifs is 1. The molecule has 1 aromatic heterocycles. The highest BCUT2D eigenvalue weighted by molar-refractivity contribution is 5.96. The minimum Gasteiger partial charge on any atom is -0.618 e. The zero-order valence-electron chi connectivity index (χ0n) is 11.3. The Kier molecular flexibility index (Phi) is 3.02. The van der Waals surface area contributed by atoms with Crippen LogP contribution in [0.3, 0.4) is 0 Å². The van der Waals surface area contributed by atoms with E-state index in [4.69, 9.17) is 0 Å². The second-order valence-electron chi connectivity index (χ2n) is 4.79. The molecule has 5 nitrogen and oxygen atoms in total. The molecule has 0 fully saturated rings. The van der Waals surface area contributed by atoms with Crippen molar-refractivity contribution in [1.29, 1.82) is 0 Å². The first-order valence-corrected chi connectivity index (χ1v) is 6.45. The third kappa shape index (κ3) is 2.08. The Hall–Kier alpha value is -2.95. The van der Waals surface area contributed by atoms with Crippen molar-refractivity contribution in [2.45, 2.75) is 6.92 Å². The van der Waals surface area contributed by atoms with Crippen LogP contribution in [0.1, 0.15) is 5.69 Å². The summed E-state index contributed by atoms with van der Waals surface area (Å²) >= 11 is 0. The highest BCUT2D eigenvalue weighted by Gasteiger charge is 2.27. The molecule has 0 spiro atoms. The van der Waals surface area contributed by atoms with Gasteiger partial charge in [-0.1, -0.05) is 36.4 Å². The van der Waals surface area contributed by atoms with Crippen molar-refractivity contribution in [2.24, 2.45) is 0 Å². The lowest BCUT2D eigenvalue weighted by molar-refractivity contribution is -0.604. The van der Waals surface area contributed by atoms with Crippen molar-refractivity contribution < 1.29 is 9.65 Å². The Morgan fingerprint density at radius 1 is 1.00 bits per heavy atom. The van der Waals surface area contributed by atoms with Crippen molar-refractivity contribution in [3.63, 3.8) is 0 Å². The minimum absolute atomic E-state index is 0.0804. The molecule has 0 unspecified atom stereocenters. The molecule has 2 aromatic carbocycles. The standard InChI is InChI=1S/C16H12N2O3/c1-11-9-10-15(18(20)21)16(17(11)19)14-8-4-6-12-5-2-3-7-13(12)14/h2-10H,1H3. The average molecular weight is 280 g/mol. The predicted molar refractivity (Wildman–Crippen MR) is 79.7 cm³/mol. The lowest BCUT2D eigenvalue weighted by Crippen LogP contribution is -2.33. The van der Waals surface area contributed by atoms with Gasteiger partial charge in [-0.2, -0.15) is 4.73 Å². The van der Waals surface area contributed by atoms with Crippen LogP contribution >= 0.6 is 0 Å². The van der Waals surface area contributed by atoms with E-state index in [1.165, 1.54) is 12.1 Å². The van der Waals surface area contributed by atoms with E-state index in [9.17, 15) is 15.3 Å². The molecule has 0 saturated heterocycles. The normalized spacial score (nSPS) is 10.7. The first-order valence-electron chi connectivity index (χ1n) is 6.45. The van der Waals surface area contributed by atoms with Crippen LogP contribution in [0.5, 0.6) is 0 Å². The summed E-state index contributed by atoms with van der Waals surface area (Å²) in [5.41, 5.74) is 0.880. The van der Waals surface area contributed by atoms with Gasteiger partial charge in [-0.05, 0) is 16.8 Å². The Bertz CT molecular complexity index is 854. The summed E-state index contributed by atoms with van der Waals surface area (Å²) in [4.78, 5) is 10.7. The molecule has 0 N–H and O–H groups in total. The fourth-order valence-corrected chi connectivity index (χ4v) is 2.45. The number of nitrogens with zero attached hydrogens (tertiary/aromatic N) is 2. The molecule has 0 saturated carbocycles. The monoisotopic (exact) mass is 280 g/mol. The molecule has 0 amide bonds. The molecule has 0 aliphatic rings. The van der Waals surface area contributed by atoms with Gasteiger partial charge in [0.05, 0.1) is 10.5 Å². The van der Waals surface area contributed by atoms with Crippen LogP contribution in [0.15, 0.2) is 54.6 Å². The molecule has 0 aliphatic carbocycles. The number of hydrogen-bond acceptors (Lipinski definition) is 3. The number of pyridine rings is 1. The van der Waals surface area contributed by atoms with Gasteiger partial charge < -0.3 is 5.21 Å². The van der Waals surface area contributed by atoms with Gasteiger partial charge >= 0.3 is 11.4 Å². The summed E-state index contributed by atoms with van der Waals surface area (Å²) in [7, 11) is 0. The van der Waals surface area contributed by atoms with E-state index in [1.807, 2.05) is 30.3 Å². The number of aryl methyl sites for hydroxylation is 1. The van der Waals surface area contributed by atoms with Gasteiger partial charge in [0.15, 0.2) is 5.69 Å². The van der Waals surface area contributed by atoms with Gasteiger partial charge in [-0.3, -0.25) is 10.1 Å². The maximum Gasteiger partial charge on any atom is 0.342 e. The van der Waals surface area contributed by atoms with Crippen molar-refractivity contribution >= 4 is 16.5 Å². The lowest BCUT2D eigenvalue weighted by Gasteiger charge is -2.09. The van der Waals surface area contributed by atoms with Crippen LogP contribution in [0.2, 0.25) is 0 Å². The van der Waals surface area contributed by atoms with Crippen molar-refractivity contribution in [3.8, 4) is 11.3 Å². The largest absolute Gasteiger partial charge is 0.618 e. The molecule has 0 radical (unpaired) electrons. The molecule has 104 valence electrons. The summed E-state index contributed by atoms with van der Waals surface area (Å²) in [5.74, 6) is 0.